The van der Waals surface area contributed by atoms with Crippen LogP contribution in [0.5, 0.6) is 0 Å². The van der Waals surface area contributed by atoms with Crippen molar-refractivity contribution in [1.29, 1.82) is 0 Å². The van der Waals surface area contributed by atoms with Gasteiger partial charge in [0.25, 0.3) is 5.91 Å². The van der Waals surface area contributed by atoms with Crippen molar-refractivity contribution in [3.8, 4) is 0 Å². The number of aromatic nitrogens is 2. The Kier molecular flexibility index (Phi) is 3.78. The molecule has 2 rings (SSSR count). The molecule has 1 aromatic rings. The fourth-order valence-electron chi connectivity index (χ4n) is 1.73. The Bertz CT molecular complexity index is 377. The van der Waals surface area contributed by atoms with Crippen molar-refractivity contribution in [3.63, 3.8) is 0 Å². The summed E-state index contributed by atoms with van der Waals surface area (Å²) >= 11 is 0.0346. The third-order valence-corrected chi connectivity index (χ3v) is 5.57. The highest BCUT2D eigenvalue weighted by Crippen LogP contribution is 2.30. The first-order chi connectivity index (χ1) is 7.72. The maximum Gasteiger partial charge on any atom is 0.322 e. The fraction of sp³-hybridized carbons (Fsp3) is 0.667. The molecule has 1 heterocycles. The van der Waals surface area contributed by atoms with E-state index in [-0.39, 0.29) is 16.2 Å². The average molecular weight is 259 g/mol. The van der Waals surface area contributed by atoms with E-state index in [1.807, 2.05) is 0 Å². The van der Waals surface area contributed by atoms with E-state index in [2.05, 4.69) is 15.5 Å². The molecule has 7 heteroatoms. The van der Waals surface area contributed by atoms with Gasteiger partial charge in [-0.1, -0.05) is 5.10 Å². The predicted octanol–water partition coefficient (Wildman–Crippen LogP) is 0.948. The summed E-state index contributed by atoms with van der Waals surface area (Å²) in [4.78, 5) is 11.3. The summed E-state index contributed by atoms with van der Waals surface area (Å²) in [5.74, 6) is -0.271. The van der Waals surface area contributed by atoms with E-state index in [1.54, 1.807) is 0 Å². The molecule has 16 heavy (non-hydrogen) atoms. The van der Waals surface area contributed by atoms with E-state index in [9.17, 15) is 9.35 Å². The van der Waals surface area contributed by atoms with Crippen LogP contribution in [0.2, 0.25) is 0 Å². The lowest BCUT2D eigenvalue weighted by molar-refractivity contribution is 0.0962. The number of rotatable bonds is 3. The summed E-state index contributed by atoms with van der Waals surface area (Å²) in [5, 5.41) is 10.5. The van der Waals surface area contributed by atoms with Crippen LogP contribution in [0.4, 0.5) is 0 Å². The number of carbonyl (C=O) groups is 1. The van der Waals surface area contributed by atoms with Crippen molar-refractivity contribution in [1.82, 2.24) is 15.5 Å². The SMILES string of the molecule is CNC(=O)c1nnc([S+]([O-])C2CCCC2)s1. The molecule has 1 unspecified atom stereocenters. The van der Waals surface area contributed by atoms with Gasteiger partial charge in [-0.2, -0.15) is 0 Å². The molecule has 0 radical (unpaired) electrons. The molecule has 1 aliphatic rings. The second-order valence-corrected chi connectivity index (χ2v) is 6.54. The fourth-order valence-corrected chi connectivity index (χ4v) is 4.40. The minimum atomic E-state index is -1.09. The Morgan fingerprint density at radius 3 is 2.81 bits per heavy atom. The Labute approximate surface area is 101 Å². The molecule has 1 amide bonds. The molecule has 1 atom stereocenters. The first-order valence-electron chi connectivity index (χ1n) is 5.18. The van der Waals surface area contributed by atoms with Crippen molar-refractivity contribution in [2.75, 3.05) is 7.05 Å². The summed E-state index contributed by atoms with van der Waals surface area (Å²) in [7, 11) is 1.54. The summed E-state index contributed by atoms with van der Waals surface area (Å²) in [6.07, 6.45) is 4.25. The molecule has 1 N–H and O–H groups in total. The zero-order valence-corrected chi connectivity index (χ0v) is 10.6. The van der Waals surface area contributed by atoms with Crippen LogP contribution in [0.1, 0.15) is 35.5 Å². The Morgan fingerprint density at radius 2 is 2.19 bits per heavy atom. The minimum Gasteiger partial charge on any atom is -0.609 e. The maximum atomic E-state index is 12.1. The topological polar surface area (TPSA) is 77.9 Å². The first kappa shape index (κ1) is 11.8. The van der Waals surface area contributed by atoms with Crippen molar-refractivity contribution in [3.05, 3.63) is 5.01 Å². The van der Waals surface area contributed by atoms with Gasteiger partial charge in [-0.3, -0.25) is 4.79 Å². The number of hydrogen-bond acceptors (Lipinski definition) is 5. The zero-order valence-electron chi connectivity index (χ0n) is 8.93. The van der Waals surface area contributed by atoms with E-state index in [0.717, 1.165) is 37.0 Å². The number of hydrogen-bond donors (Lipinski definition) is 1. The van der Waals surface area contributed by atoms with Gasteiger partial charge in [0.05, 0.1) is 0 Å². The highest BCUT2D eigenvalue weighted by atomic mass is 32.2. The standard InChI is InChI=1S/C9H13N3O2S2/c1-10-7(13)8-11-12-9(15-8)16(14)6-4-2-3-5-6/h6H,2-5H2,1H3,(H,10,13). The van der Waals surface area contributed by atoms with Gasteiger partial charge in [-0.25, -0.2) is 0 Å². The monoisotopic (exact) mass is 259 g/mol. The molecule has 1 aliphatic carbocycles. The van der Waals surface area contributed by atoms with Crippen LogP contribution in [-0.2, 0) is 11.2 Å². The molecule has 5 nitrogen and oxygen atoms in total. The summed E-state index contributed by atoms with van der Waals surface area (Å²) in [6.45, 7) is 0. The van der Waals surface area contributed by atoms with Crippen LogP contribution in [-0.4, -0.2) is 33.0 Å². The van der Waals surface area contributed by atoms with Gasteiger partial charge in [-0.15, -0.1) is 5.10 Å². The maximum absolute atomic E-state index is 12.1. The number of amides is 1. The van der Waals surface area contributed by atoms with Gasteiger partial charge in [0.15, 0.2) is 0 Å². The smallest absolute Gasteiger partial charge is 0.322 e. The van der Waals surface area contributed by atoms with Gasteiger partial charge in [0, 0.05) is 18.2 Å². The molecule has 1 fully saturated rings. The van der Waals surface area contributed by atoms with E-state index >= 15 is 0 Å². The van der Waals surface area contributed by atoms with E-state index in [1.165, 1.54) is 7.05 Å². The molecule has 0 spiro atoms. The van der Waals surface area contributed by atoms with Gasteiger partial charge < -0.3 is 9.87 Å². The van der Waals surface area contributed by atoms with Crippen LogP contribution in [0.25, 0.3) is 0 Å². The van der Waals surface area contributed by atoms with Crippen LogP contribution in [0.15, 0.2) is 4.34 Å². The van der Waals surface area contributed by atoms with Gasteiger partial charge >= 0.3 is 4.34 Å². The Morgan fingerprint density at radius 1 is 1.50 bits per heavy atom. The van der Waals surface area contributed by atoms with Crippen LogP contribution in [0, 0.1) is 0 Å². The van der Waals surface area contributed by atoms with Crippen molar-refractivity contribution < 1.29 is 9.35 Å². The predicted molar refractivity (Wildman–Crippen MR) is 62.0 cm³/mol. The lowest BCUT2D eigenvalue weighted by Gasteiger charge is -2.12. The molecule has 1 aromatic heterocycles. The molecule has 0 bridgehead atoms. The van der Waals surface area contributed by atoms with Crippen molar-refractivity contribution >= 4 is 28.4 Å². The van der Waals surface area contributed by atoms with Crippen molar-refractivity contribution in [2.45, 2.75) is 35.3 Å². The highest BCUT2D eigenvalue weighted by Gasteiger charge is 2.31. The summed E-state index contributed by atoms with van der Waals surface area (Å²) < 4.78 is 12.5. The second kappa shape index (κ2) is 5.11. The van der Waals surface area contributed by atoms with Gasteiger partial charge in [-0.05, 0) is 37.0 Å². The quantitative estimate of drug-likeness (QED) is 0.820. The number of nitrogens with zero attached hydrogens (tertiary/aromatic N) is 2. The minimum absolute atomic E-state index is 0.200. The normalized spacial score (nSPS) is 18.6. The summed E-state index contributed by atoms with van der Waals surface area (Å²) in [6, 6.07) is 0. The van der Waals surface area contributed by atoms with Crippen LogP contribution < -0.4 is 5.32 Å². The highest BCUT2D eigenvalue weighted by molar-refractivity contribution is 7.93. The molecular formula is C9H13N3O2S2. The molecule has 1 saturated carbocycles. The Balaban J connectivity index is 2.08. The van der Waals surface area contributed by atoms with E-state index in [4.69, 9.17) is 0 Å². The lowest BCUT2D eigenvalue weighted by Crippen LogP contribution is -2.17. The van der Waals surface area contributed by atoms with Crippen LogP contribution >= 0.6 is 11.3 Å². The van der Waals surface area contributed by atoms with Crippen LogP contribution in [0.3, 0.4) is 0 Å². The second-order valence-electron chi connectivity index (χ2n) is 3.66. The third kappa shape index (κ3) is 2.36. The molecular weight excluding hydrogens is 246 g/mol. The van der Waals surface area contributed by atoms with E-state index in [0.29, 0.717) is 4.34 Å². The summed E-state index contributed by atoms with van der Waals surface area (Å²) in [5.41, 5.74) is 0. The number of nitrogens with one attached hydrogen (secondary N) is 1. The molecule has 0 aromatic carbocycles. The van der Waals surface area contributed by atoms with E-state index < -0.39 is 11.2 Å². The zero-order chi connectivity index (χ0) is 11.5. The van der Waals surface area contributed by atoms with Gasteiger partial charge in [0.2, 0.25) is 5.01 Å². The average Bonchev–Trinajstić information content (AvgIpc) is 2.97. The largest absolute Gasteiger partial charge is 0.609 e. The van der Waals surface area contributed by atoms with Gasteiger partial charge in [0.1, 0.15) is 5.25 Å². The molecule has 0 aliphatic heterocycles. The Hall–Kier alpha value is -0.660. The first-order valence-corrected chi connectivity index (χ1v) is 7.21. The third-order valence-electron chi connectivity index (χ3n) is 2.60. The number of carbonyl (C=O) groups excluding carboxylic acids is 1. The molecule has 0 saturated heterocycles. The lowest BCUT2D eigenvalue weighted by atomic mass is 10.4. The van der Waals surface area contributed by atoms with Crippen molar-refractivity contribution in [2.24, 2.45) is 0 Å². The molecule has 88 valence electrons.